The monoisotopic (exact) mass is 309 g/mol. The molecule has 5 heteroatoms. The summed E-state index contributed by atoms with van der Waals surface area (Å²) >= 11 is 0. The van der Waals surface area contributed by atoms with Gasteiger partial charge in [0.2, 0.25) is 5.91 Å². The highest BCUT2D eigenvalue weighted by atomic mass is 16.2. The number of pyridine rings is 1. The van der Waals surface area contributed by atoms with Gasteiger partial charge in [-0.25, -0.2) is 4.98 Å². The minimum atomic E-state index is 0.140. The van der Waals surface area contributed by atoms with E-state index in [1.54, 1.807) is 0 Å². The van der Waals surface area contributed by atoms with Crippen molar-refractivity contribution in [3.8, 4) is 6.07 Å². The molecule has 1 aliphatic rings. The molecule has 0 aliphatic heterocycles. The van der Waals surface area contributed by atoms with Crippen molar-refractivity contribution >= 4 is 22.6 Å². The summed E-state index contributed by atoms with van der Waals surface area (Å²) in [6.07, 6.45) is 2.02. The SMILES string of the molecule is Cc1ccc2cc(C#N)c(NCCNC(=O)C3CC3)[nH+]c2c1C. The van der Waals surface area contributed by atoms with E-state index in [0.29, 0.717) is 24.5 Å². The molecule has 23 heavy (non-hydrogen) atoms. The van der Waals surface area contributed by atoms with Crippen LogP contribution in [0.2, 0.25) is 0 Å². The number of nitriles is 1. The van der Waals surface area contributed by atoms with Crippen LogP contribution in [0.4, 0.5) is 5.82 Å². The molecule has 1 aromatic carbocycles. The van der Waals surface area contributed by atoms with Gasteiger partial charge in [-0.1, -0.05) is 12.1 Å². The molecule has 1 heterocycles. The van der Waals surface area contributed by atoms with E-state index in [2.05, 4.69) is 41.6 Å². The van der Waals surface area contributed by atoms with Crippen molar-refractivity contribution in [2.45, 2.75) is 26.7 Å². The Morgan fingerprint density at radius 2 is 2.13 bits per heavy atom. The molecule has 0 unspecified atom stereocenters. The molecule has 0 saturated heterocycles. The molecule has 5 nitrogen and oxygen atoms in total. The lowest BCUT2D eigenvalue weighted by atomic mass is 10.0. The number of aromatic nitrogens is 1. The summed E-state index contributed by atoms with van der Waals surface area (Å²) in [5.74, 6) is 1.07. The van der Waals surface area contributed by atoms with Crippen molar-refractivity contribution in [2.75, 3.05) is 18.4 Å². The molecule has 1 saturated carbocycles. The Morgan fingerprint density at radius 3 is 2.83 bits per heavy atom. The highest BCUT2D eigenvalue weighted by Crippen LogP contribution is 2.28. The number of H-pyrrole nitrogens is 1. The summed E-state index contributed by atoms with van der Waals surface area (Å²) in [7, 11) is 0. The molecule has 1 fully saturated rings. The van der Waals surface area contributed by atoms with Crippen LogP contribution in [0, 0.1) is 31.1 Å². The fraction of sp³-hybridized carbons (Fsp3) is 0.389. The molecular formula is C18H21N4O+. The minimum absolute atomic E-state index is 0.140. The number of hydrogen-bond donors (Lipinski definition) is 2. The van der Waals surface area contributed by atoms with E-state index in [0.717, 1.165) is 23.7 Å². The van der Waals surface area contributed by atoms with Crippen molar-refractivity contribution < 1.29 is 9.78 Å². The van der Waals surface area contributed by atoms with Gasteiger partial charge in [0.1, 0.15) is 23.7 Å². The van der Waals surface area contributed by atoms with Crippen molar-refractivity contribution in [3.05, 3.63) is 34.9 Å². The maximum atomic E-state index is 11.6. The number of nitrogens with zero attached hydrogens (tertiary/aromatic N) is 1. The predicted octanol–water partition coefficient (Wildman–Crippen LogP) is 2.08. The summed E-state index contributed by atoms with van der Waals surface area (Å²) < 4.78 is 0. The second-order valence-electron chi connectivity index (χ2n) is 6.13. The Bertz CT molecular complexity index is 803. The number of carbonyl (C=O) groups is 1. The first-order chi connectivity index (χ1) is 11.1. The lowest BCUT2D eigenvalue weighted by Crippen LogP contribution is -2.31. The lowest BCUT2D eigenvalue weighted by molar-refractivity contribution is -0.328. The van der Waals surface area contributed by atoms with Crippen LogP contribution in [0.1, 0.15) is 29.5 Å². The quantitative estimate of drug-likeness (QED) is 0.830. The highest BCUT2D eigenvalue weighted by molar-refractivity contribution is 5.82. The van der Waals surface area contributed by atoms with Gasteiger partial charge in [0, 0.05) is 11.3 Å². The van der Waals surface area contributed by atoms with Gasteiger partial charge in [0.05, 0.1) is 6.54 Å². The number of anilines is 1. The van der Waals surface area contributed by atoms with E-state index in [-0.39, 0.29) is 11.8 Å². The molecule has 0 radical (unpaired) electrons. The van der Waals surface area contributed by atoms with Crippen LogP contribution in [0.3, 0.4) is 0 Å². The zero-order chi connectivity index (χ0) is 16.4. The van der Waals surface area contributed by atoms with Crippen molar-refractivity contribution in [1.82, 2.24) is 5.32 Å². The topological polar surface area (TPSA) is 79.1 Å². The van der Waals surface area contributed by atoms with Gasteiger partial charge < -0.3 is 5.32 Å². The maximum absolute atomic E-state index is 11.6. The van der Waals surface area contributed by atoms with E-state index >= 15 is 0 Å². The number of nitrogens with one attached hydrogen (secondary N) is 3. The number of hydrogen-bond acceptors (Lipinski definition) is 3. The standard InChI is InChI=1S/C18H20N4O/c1-11-3-4-14-9-15(10-19)17(22-16(14)12(11)2)20-7-8-21-18(23)13-5-6-13/h3-4,9,13H,5-8H2,1-2H3,(H,20,22)(H,21,23)/p+1. The third-order valence-corrected chi connectivity index (χ3v) is 4.38. The normalized spacial score (nSPS) is 13.6. The van der Waals surface area contributed by atoms with Crippen molar-refractivity contribution in [1.29, 1.82) is 5.26 Å². The fourth-order valence-electron chi connectivity index (χ4n) is 2.63. The fourth-order valence-corrected chi connectivity index (χ4v) is 2.63. The van der Waals surface area contributed by atoms with Crippen LogP contribution < -0.4 is 15.6 Å². The molecular weight excluding hydrogens is 288 g/mol. The highest BCUT2D eigenvalue weighted by Gasteiger charge is 2.29. The van der Waals surface area contributed by atoms with Crippen LogP contribution in [0.25, 0.3) is 10.9 Å². The van der Waals surface area contributed by atoms with Crippen LogP contribution in [0.5, 0.6) is 0 Å². The third-order valence-electron chi connectivity index (χ3n) is 4.38. The van der Waals surface area contributed by atoms with Gasteiger partial charge in [-0.3, -0.25) is 10.1 Å². The third kappa shape index (κ3) is 3.26. The minimum Gasteiger partial charge on any atom is -0.352 e. The molecule has 1 aliphatic carbocycles. The molecule has 2 aromatic rings. The Hall–Kier alpha value is -2.61. The van der Waals surface area contributed by atoms with Crippen LogP contribution in [0.15, 0.2) is 18.2 Å². The van der Waals surface area contributed by atoms with Gasteiger partial charge >= 0.3 is 0 Å². The molecule has 0 spiro atoms. The summed E-state index contributed by atoms with van der Waals surface area (Å²) in [5.41, 5.74) is 4.00. The lowest BCUT2D eigenvalue weighted by Gasteiger charge is -2.07. The van der Waals surface area contributed by atoms with E-state index < -0.39 is 0 Å². The van der Waals surface area contributed by atoms with Crippen molar-refractivity contribution in [3.63, 3.8) is 0 Å². The molecule has 1 aromatic heterocycles. The summed E-state index contributed by atoms with van der Waals surface area (Å²) in [6, 6.07) is 8.20. The molecule has 1 amide bonds. The first-order valence-electron chi connectivity index (χ1n) is 7.98. The van der Waals surface area contributed by atoms with E-state index in [1.807, 2.05) is 12.1 Å². The number of carbonyl (C=O) groups excluding carboxylic acids is 1. The Kier molecular flexibility index (Phi) is 4.16. The molecule has 3 N–H and O–H groups in total. The van der Waals surface area contributed by atoms with E-state index in [4.69, 9.17) is 0 Å². The second kappa shape index (κ2) is 6.25. The van der Waals surface area contributed by atoms with Crippen LogP contribution in [-0.2, 0) is 4.79 Å². The summed E-state index contributed by atoms with van der Waals surface area (Å²) in [6.45, 7) is 5.28. The number of aryl methyl sites for hydroxylation is 2. The average Bonchev–Trinajstić information content (AvgIpc) is 3.39. The Morgan fingerprint density at radius 1 is 1.35 bits per heavy atom. The van der Waals surface area contributed by atoms with Gasteiger partial charge in [0.25, 0.3) is 5.82 Å². The van der Waals surface area contributed by atoms with Gasteiger partial charge in [-0.15, -0.1) is 0 Å². The Labute approximate surface area is 135 Å². The zero-order valence-electron chi connectivity index (χ0n) is 13.5. The van der Waals surface area contributed by atoms with E-state index in [1.165, 1.54) is 11.1 Å². The van der Waals surface area contributed by atoms with E-state index in [9.17, 15) is 10.1 Å². The summed E-state index contributed by atoms with van der Waals surface area (Å²) in [5, 5.41) is 16.5. The number of benzene rings is 1. The number of aromatic amines is 1. The Balaban J connectivity index is 1.74. The number of amides is 1. The first kappa shape index (κ1) is 15.3. The smallest absolute Gasteiger partial charge is 0.290 e. The van der Waals surface area contributed by atoms with Gasteiger partial charge in [0.15, 0.2) is 0 Å². The summed E-state index contributed by atoms with van der Waals surface area (Å²) in [4.78, 5) is 14.9. The average molecular weight is 309 g/mol. The molecule has 118 valence electrons. The first-order valence-corrected chi connectivity index (χ1v) is 7.98. The largest absolute Gasteiger partial charge is 0.352 e. The number of fused-ring (bicyclic) bond motifs is 1. The molecule has 3 rings (SSSR count). The van der Waals surface area contributed by atoms with Crippen LogP contribution in [-0.4, -0.2) is 19.0 Å². The second-order valence-corrected chi connectivity index (χ2v) is 6.13. The molecule has 0 atom stereocenters. The van der Waals surface area contributed by atoms with Gasteiger partial charge in [-0.05, 0) is 43.9 Å². The molecule has 0 bridgehead atoms. The van der Waals surface area contributed by atoms with Crippen LogP contribution >= 0.6 is 0 Å². The van der Waals surface area contributed by atoms with Crippen molar-refractivity contribution in [2.24, 2.45) is 5.92 Å². The van der Waals surface area contributed by atoms with Gasteiger partial charge in [-0.2, -0.15) is 5.26 Å². The zero-order valence-corrected chi connectivity index (χ0v) is 13.5. The number of rotatable bonds is 5. The maximum Gasteiger partial charge on any atom is 0.290 e. The predicted molar refractivity (Wildman–Crippen MR) is 88.9 cm³/mol.